The van der Waals surface area contributed by atoms with E-state index in [1.165, 1.54) is 36.3 Å². The van der Waals surface area contributed by atoms with Gasteiger partial charge in [0.1, 0.15) is 12.1 Å². The summed E-state index contributed by atoms with van der Waals surface area (Å²) < 4.78 is 19.7. The topological polar surface area (TPSA) is 90.2 Å². The molecular weight excluding hydrogens is 329 g/mol. The van der Waals surface area contributed by atoms with Crippen molar-refractivity contribution in [2.24, 2.45) is 5.92 Å². The first-order valence-corrected chi connectivity index (χ1v) is 7.97. The summed E-state index contributed by atoms with van der Waals surface area (Å²) in [7, 11) is 1.37. The number of halogens is 1. The van der Waals surface area contributed by atoms with Gasteiger partial charge >= 0.3 is 5.97 Å². The summed E-state index contributed by atoms with van der Waals surface area (Å²) in [6.45, 7) is 1.01. The smallest absolute Gasteiger partial charge is 0.305 e. The van der Waals surface area contributed by atoms with E-state index in [2.05, 4.69) is 20.3 Å². The fraction of sp³-hybridized carbons (Fsp3) is 0.438. The fourth-order valence-corrected chi connectivity index (χ4v) is 2.98. The molecule has 0 bridgehead atoms. The van der Waals surface area contributed by atoms with Gasteiger partial charge < -0.3 is 9.64 Å². The number of hydrogen-bond donors (Lipinski definition) is 0. The zero-order valence-corrected chi connectivity index (χ0v) is 13.8. The van der Waals surface area contributed by atoms with Crippen LogP contribution in [0.25, 0.3) is 5.69 Å². The first-order valence-electron chi connectivity index (χ1n) is 7.97. The normalized spacial score (nSPS) is 15.2. The minimum absolute atomic E-state index is 0.197. The number of tetrazole rings is 1. The zero-order valence-electron chi connectivity index (χ0n) is 13.8. The molecule has 132 valence electrons. The largest absolute Gasteiger partial charge is 0.469 e. The number of aromatic nitrogens is 4. The summed E-state index contributed by atoms with van der Waals surface area (Å²) in [4.78, 5) is 25.9. The number of nitrogens with zero attached hydrogens (tertiary/aromatic N) is 5. The van der Waals surface area contributed by atoms with Crippen LogP contribution in [0.2, 0.25) is 0 Å². The van der Waals surface area contributed by atoms with E-state index in [4.69, 9.17) is 0 Å². The Morgan fingerprint density at radius 1 is 1.32 bits per heavy atom. The molecule has 2 aromatic rings. The van der Waals surface area contributed by atoms with Crippen molar-refractivity contribution in [1.82, 2.24) is 25.1 Å². The molecule has 9 heteroatoms. The van der Waals surface area contributed by atoms with E-state index in [0.717, 1.165) is 0 Å². The van der Waals surface area contributed by atoms with Crippen LogP contribution in [0.5, 0.6) is 0 Å². The number of methoxy groups -OCH3 is 1. The Balaban J connectivity index is 1.74. The van der Waals surface area contributed by atoms with Crippen LogP contribution in [0.15, 0.2) is 24.5 Å². The molecule has 0 aliphatic carbocycles. The third-order valence-corrected chi connectivity index (χ3v) is 4.37. The zero-order chi connectivity index (χ0) is 17.8. The average molecular weight is 347 g/mol. The Labute approximate surface area is 143 Å². The first-order chi connectivity index (χ1) is 12.1. The second-order valence-corrected chi connectivity index (χ2v) is 5.93. The SMILES string of the molecule is COC(=O)CC1CCN(C(=O)c2cc(F)ccc2-n2cnnn2)CC1. The number of likely N-dealkylation sites (tertiary alicyclic amines) is 1. The molecule has 1 aliphatic heterocycles. The summed E-state index contributed by atoms with van der Waals surface area (Å²) in [6.07, 6.45) is 3.12. The Morgan fingerprint density at radius 3 is 2.72 bits per heavy atom. The van der Waals surface area contributed by atoms with Gasteiger partial charge in [0.15, 0.2) is 0 Å². The molecule has 3 rings (SSSR count). The van der Waals surface area contributed by atoms with Crippen molar-refractivity contribution in [3.05, 3.63) is 35.9 Å². The highest BCUT2D eigenvalue weighted by molar-refractivity contribution is 5.97. The summed E-state index contributed by atoms with van der Waals surface area (Å²) >= 11 is 0. The monoisotopic (exact) mass is 347 g/mol. The lowest BCUT2D eigenvalue weighted by atomic mass is 9.93. The molecule has 0 unspecified atom stereocenters. The highest BCUT2D eigenvalue weighted by atomic mass is 19.1. The number of hydrogen-bond acceptors (Lipinski definition) is 6. The van der Waals surface area contributed by atoms with E-state index in [1.807, 2.05) is 0 Å². The number of rotatable bonds is 4. The lowest BCUT2D eigenvalue weighted by Crippen LogP contribution is -2.39. The van der Waals surface area contributed by atoms with Crippen molar-refractivity contribution in [3.8, 4) is 5.69 Å². The van der Waals surface area contributed by atoms with Crippen LogP contribution in [0, 0.1) is 11.7 Å². The molecule has 25 heavy (non-hydrogen) atoms. The van der Waals surface area contributed by atoms with Crippen LogP contribution < -0.4 is 0 Å². The van der Waals surface area contributed by atoms with Gasteiger partial charge in [0.25, 0.3) is 5.91 Å². The van der Waals surface area contributed by atoms with Gasteiger partial charge in [0.05, 0.1) is 18.4 Å². The quantitative estimate of drug-likeness (QED) is 0.773. The third-order valence-electron chi connectivity index (χ3n) is 4.37. The second-order valence-electron chi connectivity index (χ2n) is 5.93. The van der Waals surface area contributed by atoms with Crippen LogP contribution in [0.4, 0.5) is 4.39 Å². The lowest BCUT2D eigenvalue weighted by Gasteiger charge is -2.32. The molecule has 0 atom stereocenters. The molecule has 2 heterocycles. The van der Waals surface area contributed by atoms with Gasteiger partial charge in [0.2, 0.25) is 0 Å². The van der Waals surface area contributed by atoms with Crippen LogP contribution in [-0.4, -0.2) is 57.2 Å². The van der Waals surface area contributed by atoms with Crippen LogP contribution in [0.3, 0.4) is 0 Å². The van der Waals surface area contributed by atoms with Crippen molar-refractivity contribution in [1.29, 1.82) is 0 Å². The highest BCUT2D eigenvalue weighted by Gasteiger charge is 2.27. The number of carbonyl (C=O) groups excluding carboxylic acids is 2. The summed E-state index contributed by atoms with van der Waals surface area (Å²) in [5.74, 6) is -0.818. The van der Waals surface area contributed by atoms with E-state index in [-0.39, 0.29) is 23.4 Å². The standard InChI is InChI=1S/C16H18FN5O3/c1-25-15(23)8-11-4-6-21(7-5-11)16(24)13-9-12(17)2-3-14(13)22-10-18-19-20-22/h2-3,9-11H,4-8H2,1H3. The molecule has 0 N–H and O–H groups in total. The van der Waals surface area contributed by atoms with Crippen LogP contribution >= 0.6 is 0 Å². The minimum atomic E-state index is -0.499. The Bertz CT molecular complexity index is 757. The Hall–Kier alpha value is -2.84. The molecule has 1 aromatic carbocycles. The maximum atomic E-state index is 13.7. The average Bonchev–Trinajstić information content (AvgIpc) is 3.16. The number of carbonyl (C=O) groups is 2. The molecule has 1 fully saturated rings. The van der Waals surface area contributed by atoms with Gasteiger partial charge in [-0.1, -0.05) is 0 Å². The molecule has 0 radical (unpaired) electrons. The van der Waals surface area contributed by atoms with Gasteiger partial charge in [-0.25, -0.2) is 4.39 Å². The van der Waals surface area contributed by atoms with Crippen molar-refractivity contribution >= 4 is 11.9 Å². The molecule has 1 saturated heterocycles. The Morgan fingerprint density at radius 2 is 2.08 bits per heavy atom. The minimum Gasteiger partial charge on any atom is -0.469 e. The molecular formula is C16H18FN5O3. The van der Waals surface area contributed by atoms with Gasteiger partial charge in [-0.2, -0.15) is 4.68 Å². The van der Waals surface area contributed by atoms with E-state index < -0.39 is 5.82 Å². The van der Waals surface area contributed by atoms with Crippen molar-refractivity contribution in [2.75, 3.05) is 20.2 Å². The predicted octanol–water partition coefficient (Wildman–Crippen LogP) is 1.22. The van der Waals surface area contributed by atoms with Gasteiger partial charge in [-0.05, 0) is 47.4 Å². The number of ether oxygens (including phenoxy) is 1. The fourth-order valence-electron chi connectivity index (χ4n) is 2.98. The van der Waals surface area contributed by atoms with Crippen molar-refractivity contribution in [2.45, 2.75) is 19.3 Å². The molecule has 0 spiro atoms. The van der Waals surface area contributed by atoms with E-state index in [0.29, 0.717) is 38.0 Å². The Kier molecular flexibility index (Phi) is 5.01. The molecule has 1 amide bonds. The number of benzene rings is 1. The molecule has 1 aliphatic rings. The number of esters is 1. The highest BCUT2D eigenvalue weighted by Crippen LogP contribution is 2.24. The summed E-state index contributed by atoms with van der Waals surface area (Å²) in [6, 6.07) is 3.93. The number of amides is 1. The molecule has 8 nitrogen and oxygen atoms in total. The van der Waals surface area contributed by atoms with Crippen molar-refractivity contribution in [3.63, 3.8) is 0 Å². The molecule has 1 aromatic heterocycles. The predicted molar refractivity (Wildman–Crippen MR) is 84.4 cm³/mol. The maximum Gasteiger partial charge on any atom is 0.305 e. The van der Waals surface area contributed by atoms with Crippen LogP contribution in [-0.2, 0) is 9.53 Å². The van der Waals surface area contributed by atoms with E-state index in [1.54, 1.807) is 4.90 Å². The van der Waals surface area contributed by atoms with Crippen molar-refractivity contribution < 1.29 is 18.7 Å². The van der Waals surface area contributed by atoms with Gasteiger partial charge in [-0.15, -0.1) is 5.10 Å². The summed E-state index contributed by atoms with van der Waals surface area (Å²) in [5, 5.41) is 10.9. The number of piperidine rings is 1. The van der Waals surface area contributed by atoms with E-state index >= 15 is 0 Å². The third kappa shape index (κ3) is 3.81. The lowest BCUT2D eigenvalue weighted by molar-refractivity contribution is -0.142. The second kappa shape index (κ2) is 7.37. The molecule has 0 saturated carbocycles. The maximum absolute atomic E-state index is 13.7. The first kappa shape index (κ1) is 17.0. The van der Waals surface area contributed by atoms with E-state index in [9.17, 15) is 14.0 Å². The van der Waals surface area contributed by atoms with Gasteiger partial charge in [-0.3, -0.25) is 9.59 Å². The summed E-state index contributed by atoms with van der Waals surface area (Å²) in [5.41, 5.74) is 0.631. The van der Waals surface area contributed by atoms with Crippen LogP contribution in [0.1, 0.15) is 29.6 Å². The van der Waals surface area contributed by atoms with Gasteiger partial charge in [0, 0.05) is 19.5 Å².